The van der Waals surface area contributed by atoms with Gasteiger partial charge in [-0.3, -0.25) is 0 Å². The van der Waals surface area contributed by atoms with E-state index in [1.54, 1.807) is 0 Å². The molecule has 0 saturated heterocycles. The summed E-state index contributed by atoms with van der Waals surface area (Å²) in [7, 11) is 2.29. The van der Waals surface area contributed by atoms with Gasteiger partial charge in [-0.25, -0.2) is 0 Å². The molecular formula is C14H30N2. The van der Waals surface area contributed by atoms with Gasteiger partial charge in [-0.15, -0.1) is 0 Å². The van der Waals surface area contributed by atoms with Crippen LogP contribution in [0, 0.1) is 5.92 Å². The molecule has 1 aliphatic rings. The first-order chi connectivity index (χ1) is 7.42. The predicted octanol–water partition coefficient (Wildman–Crippen LogP) is 2.89. The second kappa shape index (κ2) is 6.02. The molecule has 0 radical (unpaired) electrons. The van der Waals surface area contributed by atoms with Crippen LogP contribution in [-0.2, 0) is 0 Å². The number of hydrogen-bond donors (Lipinski definition) is 1. The smallest absolute Gasteiger partial charge is 0.0217 e. The number of likely N-dealkylation sites (N-methyl/N-ethyl adjacent to an activating group) is 1. The molecular weight excluding hydrogens is 196 g/mol. The fraction of sp³-hybridized carbons (Fsp3) is 1.00. The maximum Gasteiger partial charge on any atom is 0.0217 e. The van der Waals surface area contributed by atoms with Gasteiger partial charge in [0, 0.05) is 24.7 Å². The van der Waals surface area contributed by atoms with Crippen LogP contribution < -0.4 is 5.32 Å². The molecule has 1 N–H and O–H groups in total. The van der Waals surface area contributed by atoms with E-state index in [-0.39, 0.29) is 5.54 Å². The molecule has 1 rings (SSSR count). The Morgan fingerprint density at radius 1 is 1.31 bits per heavy atom. The van der Waals surface area contributed by atoms with Crippen molar-refractivity contribution < 1.29 is 0 Å². The van der Waals surface area contributed by atoms with E-state index in [9.17, 15) is 0 Å². The summed E-state index contributed by atoms with van der Waals surface area (Å²) in [6.07, 6.45) is 5.50. The summed E-state index contributed by atoms with van der Waals surface area (Å²) in [5.74, 6) is 0.999. The molecule has 2 heteroatoms. The largest absolute Gasteiger partial charge is 0.311 e. The lowest BCUT2D eigenvalue weighted by molar-refractivity contribution is 0.202. The average molecular weight is 226 g/mol. The van der Waals surface area contributed by atoms with Crippen LogP contribution in [0.25, 0.3) is 0 Å². The first kappa shape index (κ1) is 14.0. The second-order valence-corrected chi connectivity index (χ2v) is 6.46. The quantitative estimate of drug-likeness (QED) is 0.718. The van der Waals surface area contributed by atoms with Crippen LogP contribution >= 0.6 is 0 Å². The van der Waals surface area contributed by atoms with Gasteiger partial charge in [0.05, 0.1) is 0 Å². The third kappa shape index (κ3) is 5.86. The molecule has 0 spiro atoms. The van der Waals surface area contributed by atoms with Crippen molar-refractivity contribution in [1.82, 2.24) is 10.2 Å². The summed E-state index contributed by atoms with van der Waals surface area (Å²) in [5.41, 5.74) is 0.242. The van der Waals surface area contributed by atoms with Crippen molar-refractivity contribution in [2.24, 2.45) is 5.92 Å². The van der Waals surface area contributed by atoms with E-state index in [1.165, 1.54) is 32.2 Å². The van der Waals surface area contributed by atoms with Gasteiger partial charge >= 0.3 is 0 Å². The zero-order valence-electron chi connectivity index (χ0n) is 11.8. The van der Waals surface area contributed by atoms with E-state index in [0.29, 0.717) is 6.04 Å². The van der Waals surface area contributed by atoms with Crippen LogP contribution in [0.15, 0.2) is 0 Å². The van der Waals surface area contributed by atoms with Gasteiger partial charge in [0.25, 0.3) is 0 Å². The molecule has 1 unspecified atom stereocenters. The van der Waals surface area contributed by atoms with Gasteiger partial charge in [-0.05, 0) is 53.0 Å². The van der Waals surface area contributed by atoms with Gasteiger partial charge in [0.2, 0.25) is 0 Å². The van der Waals surface area contributed by atoms with Gasteiger partial charge in [0.1, 0.15) is 0 Å². The van der Waals surface area contributed by atoms with Crippen molar-refractivity contribution in [3.63, 3.8) is 0 Å². The molecule has 0 aliphatic heterocycles. The lowest BCUT2D eigenvalue weighted by atomic mass is 10.1. The normalized spacial score (nSPS) is 19.1. The van der Waals surface area contributed by atoms with Gasteiger partial charge in [-0.2, -0.15) is 0 Å². The molecule has 2 nitrogen and oxygen atoms in total. The van der Waals surface area contributed by atoms with Crippen LogP contribution in [0.4, 0.5) is 0 Å². The van der Waals surface area contributed by atoms with E-state index in [0.717, 1.165) is 12.5 Å². The van der Waals surface area contributed by atoms with Gasteiger partial charge in [0.15, 0.2) is 0 Å². The molecule has 0 aromatic carbocycles. The minimum absolute atomic E-state index is 0.242. The Morgan fingerprint density at radius 2 is 1.94 bits per heavy atom. The Kier molecular flexibility index (Phi) is 5.26. The number of nitrogens with one attached hydrogen (secondary N) is 1. The number of rotatable bonds is 7. The van der Waals surface area contributed by atoms with Crippen molar-refractivity contribution in [2.45, 2.75) is 65.0 Å². The highest BCUT2D eigenvalue weighted by Crippen LogP contribution is 2.30. The summed E-state index contributed by atoms with van der Waals surface area (Å²) in [6.45, 7) is 11.5. The molecule has 1 fully saturated rings. The first-order valence-corrected chi connectivity index (χ1v) is 6.87. The highest BCUT2D eigenvalue weighted by molar-refractivity contribution is 4.82. The molecule has 1 atom stereocenters. The third-order valence-electron chi connectivity index (χ3n) is 3.36. The van der Waals surface area contributed by atoms with E-state index in [4.69, 9.17) is 0 Å². The zero-order chi connectivity index (χ0) is 12.2. The Labute approximate surface area is 102 Å². The Morgan fingerprint density at radius 3 is 2.38 bits per heavy atom. The summed E-state index contributed by atoms with van der Waals surface area (Å²) in [6, 6.07) is 0.713. The van der Waals surface area contributed by atoms with Crippen LogP contribution in [0.2, 0.25) is 0 Å². The minimum Gasteiger partial charge on any atom is -0.311 e. The molecule has 0 bridgehead atoms. The van der Waals surface area contributed by atoms with E-state index >= 15 is 0 Å². The van der Waals surface area contributed by atoms with Crippen LogP contribution in [0.1, 0.15) is 53.4 Å². The lowest BCUT2D eigenvalue weighted by Gasteiger charge is -2.31. The van der Waals surface area contributed by atoms with Crippen LogP contribution in [0.5, 0.6) is 0 Å². The Bertz CT molecular complexity index is 191. The molecule has 0 aromatic rings. The molecule has 96 valence electrons. The number of hydrogen-bond acceptors (Lipinski definition) is 2. The Hall–Kier alpha value is -0.0800. The lowest BCUT2D eigenvalue weighted by Crippen LogP contribution is -2.46. The summed E-state index contributed by atoms with van der Waals surface area (Å²) >= 11 is 0. The summed E-state index contributed by atoms with van der Waals surface area (Å²) in [5, 5.41) is 3.64. The highest BCUT2D eigenvalue weighted by Gasteiger charge is 2.26. The molecule has 0 aromatic heterocycles. The van der Waals surface area contributed by atoms with E-state index in [2.05, 4.69) is 45.0 Å². The molecule has 1 saturated carbocycles. The van der Waals surface area contributed by atoms with Crippen molar-refractivity contribution in [2.75, 3.05) is 20.1 Å². The summed E-state index contributed by atoms with van der Waals surface area (Å²) < 4.78 is 0. The monoisotopic (exact) mass is 226 g/mol. The van der Waals surface area contributed by atoms with Crippen molar-refractivity contribution in [1.29, 1.82) is 0 Å². The SMILES string of the molecule is CCCC(CNC(C)(C)C)N(C)CC1CC1. The van der Waals surface area contributed by atoms with Crippen LogP contribution in [-0.4, -0.2) is 36.6 Å². The molecule has 0 heterocycles. The number of nitrogens with zero attached hydrogens (tertiary/aromatic N) is 1. The van der Waals surface area contributed by atoms with E-state index < -0.39 is 0 Å². The van der Waals surface area contributed by atoms with Crippen molar-refractivity contribution in [3.05, 3.63) is 0 Å². The maximum absolute atomic E-state index is 3.64. The Balaban J connectivity index is 2.32. The zero-order valence-corrected chi connectivity index (χ0v) is 11.8. The fourth-order valence-corrected chi connectivity index (χ4v) is 2.09. The molecule has 16 heavy (non-hydrogen) atoms. The summed E-state index contributed by atoms with van der Waals surface area (Å²) in [4.78, 5) is 2.57. The topological polar surface area (TPSA) is 15.3 Å². The van der Waals surface area contributed by atoms with Crippen molar-refractivity contribution >= 4 is 0 Å². The fourth-order valence-electron chi connectivity index (χ4n) is 2.09. The predicted molar refractivity (Wildman–Crippen MR) is 71.8 cm³/mol. The third-order valence-corrected chi connectivity index (χ3v) is 3.36. The van der Waals surface area contributed by atoms with Gasteiger partial charge < -0.3 is 10.2 Å². The standard InChI is InChI=1S/C14H30N2/c1-6-7-13(10-15-14(2,3)4)16(5)11-12-8-9-12/h12-13,15H,6-11H2,1-5H3. The minimum atomic E-state index is 0.242. The average Bonchev–Trinajstić information content (AvgIpc) is 2.94. The van der Waals surface area contributed by atoms with Crippen LogP contribution in [0.3, 0.4) is 0 Å². The van der Waals surface area contributed by atoms with Crippen molar-refractivity contribution in [3.8, 4) is 0 Å². The molecule has 1 aliphatic carbocycles. The maximum atomic E-state index is 3.64. The molecule has 0 amide bonds. The van der Waals surface area contributed by atoms with E-state index in [1.807, 2.05) is 0 Å². The second-order valence-electron chi connectivity index (χ2n) is 6.46. The first-order valence-electron chi connectivity index (χ1n) is 6.87. The van der Waals surface area contributed by atoms with Gasteiger partial charge in [-0.1, -0.05) is 13.3 Å². The highest BCUT2D eigenvalue weighted by atomic mass is 15.2.